The summed E-state index contributed by atoms with van der Waals surface area (Å²) < 4.78 is 18.9. The number of aromatic nitrogens is 3. The van der Waals surface area contributed by atoms with Crippen molar-refractivity contribution in [2.45, 2.75) is 6.42 Å². The second kappa shape index (κ2) is 10.1. The lowest BCUT2D eigenvalue weighted by molar-refractivity contribution is 0.0374. The number of benzene rings is 2. The number of hydrogen-bond donors (Lipinski definition) is 2. The van der Waals surface area contributed by atoms with Crippen LogP contribution < -0.4 is 5.32 Å². The molecule has 0 radical (unpaired) electrons. The molecule has 1 aliphatic heterocycles. The first-order valence-electron chi connectivity index (χ1n) is 11.5. The van der Waals surface area contributed by atoms with Crippen molar-refractivity contribution >= 4 is 16.9 Å². The lowest BCUT2D eigenvalue weighted by Crippen LogP contribution is -2.38. The first-order valence-corrected chi connectivity index (χ1v) is 11.5. The number of rotatable bonds is 7. The van der Waals surface area contributed by atoms with E-state index in [9.17, 15) is 9.18 Å². The van der Waals surface area contributed by atoms with E-state index in [4.69, 9.17) is 9.72 Å². The van der Waals surface area contributed by atoms with Gasteiger partial charge in [0.05, 0.1) is 35.6 Å². The molecule has 174 valence electrons. The number of carbonyl (C=O) groups excluding carboxylic acids is 1. The van der Waals surface area contributed by atoms with Gasteiger partial charge in [0.15, 0.2) is 5.65 Å². The van der Waals surface area contributed by atoms with E-state index in [1.54, 1.807) is 18.2 Å². The molecule has 0 aliphatic carbocycles. The Hall–Kier alpha value is -3.62. The van der Waals surface area contributed by atoms with Crippen molar-refractivity contribution < 1.29 is 13.9 Å². The van der Waals surface area contributed by atoms with Crippen molar-refractivity contribution in [1.82, 2.24) is 25.4 Å². The molecule has 34 heavy (non-hydrogen) atoms. The number of H-pyrrole nitrogens is 1. The summed E-state index contributed by atoms with van der Waals surface area (Å²) in [5.41, 5.74) is 3.88. The van der Waals surface area contributed by atoms with Gasteiger partial charge in [0.2, 0.25) is 0 Å². The molecule has 5 rings (SSSR count). The number of nitrogens with one attached hydrogen (secondary N) is 2. The third-order valence-electron chi connectivity index (χ3n) is 6.01. The largest absolute Gasteiger partial charge is 0.379 e. The number of amides is 1. The first kappa shape index (κ1) is 22.2. The van der Waals surface area contributed by atoms with E-state index in [0.717, 1.165) is 50.4 Å². The number of carbonyl (C=O) groups is 1. The predicted molar refractivity (Wildman–Crippen MR) is 129 cm³/mol. The maximum absolute atomic E-state index is 13.5. The van der Waals surface area contributed by atoms with Gasteiger partial charge in [-0.05, 0) is 43.3 Å². The lowest BCUT2D eigenvalue weighted by Gasteiger charge is -2.26. The molecule has 2 aromatic carbocycles. The minimum Gasteiger partial charge on any atom is -0.379 e. The highest BCUT2D eigenvalue weighted by Gasteiger charge is 2.20. The van der Waals surface area contributed by atoms with E-state index in [-0.39, 0.29) is 11.7 Å². The van der Waals surface area contributed by atoms with Crippen LogP contribution in [-0.4, -0.2) is 65.4 Å². The van der Waals surface area contributed by atoms with E-state index in [1.807, 2.05) is 30.3 Å². The van der Waals surface area contributed by atoms with Crippen LogP contribution in [0.15, 0.2) is 60.7 Å². The van der Waals surface area contributed by atoms with Crippen LogP contribution in [0.5, 0.6) is 0 Å². The molecule has 4 aromatic rings. The zero-order valence-electron chi connectivity index (χ0n) is 18.8. The molecule has 1 fully saturated rings. The van der Waals surface area contributed by atoms with Crippen LogP contribution in [0.25, 0.3) is 33.5 Å². The van der Waals surface area contributed by atoms with E-state index in [0.29, 0.717) is 34.5 Å². The summed E-state index contributed by atoms with van der Waals surface area (Å²) in [6, 6.07) is 17.6. The quantitative estimate of drug-likeness (QED) is 0.410. The molecular weight excluding hydrogens is 433 g/mol. The molecule has 2 aromatic heterocycles. The number of morpholine rings is 1. The van der Waals surface area contributed by atoms with Gasteiger partial charge in [-0.3, -0.25) is 14.8 Å². The van der Waals surface area contributed by atoms with Gasteiger partial charge in [0.1, 0.15) is 5.82 Å². The van der Waals surface area contributed by atoms with Gasteiger partial charge in [-0.15, -0.1) is 0 Å². The lowest BCUT2D eigenvalue weighted by atomic mass is 10.0. The molecule has 0 saturated carbocycles. The minimum atomic E-state index is -0.324. The van der Waals surface area contributed by atoms with E-state index in [2.05, 4.69) is 20.4 Å². The SMILES string of the molecule is O=C(NCCCN1CCOCC1)c1cc(-c2ccccc2)nc2n[nH]c(-c3ccc(F)cc3)c12. The van der Waals surface area contributed by atoms with Crippen molar-refractivity contribution in [3.8, 4) is 22.5 Å². The first-order chi connectivity index (χ1) is 16.7. The second-order valence-electron chi connectivity index (χ2n) is 8.29. The number of nitrogens with zero attached hydrogens (tertiary/aromatic N) is 3. The van der Waals surface area contributed by atoms with Crippen molar-refractivity contribution in [3.05, 3.63) is 72.0 Å². The van der Waals surface area contributed by atoms with Crippen LogP contribution >= 0.6 is 0 Å². The van der Waals surface area contributed by atoms with Crippen LogP contribution in [0.2, 0.25) is 0 Å². The van der Waals surface area contributed by atoms with E-state index >= 15 is 0 Å². The van der Waals surface area contributed by atoms with Crippen LogP contribution in [0.1, 0.15) is 16.8 Å². The number of halogens is 1. The van der Waals surface area contributed by atoms with Gasteiger partial charge in [-0.2, -0.15) is 5.10 Å². The number of ether oxygens (including phenoxy) is 1. The fraction of sp³-hybridized carbons (Fsp3) is 0.269. The van der Waals surface area contributed by atoms with Crippen molar-refractivity contribution in [2.24, 2.45) is 0 Å². The Labute approximate surface area is 197 Å². The molecule has 2 N–H and O–H groups in total. The summed E-state index contributed by atoms with van der Waals surface area (Å²) in [4.78, 5) is 20.4. The number of pyridine rings is 1. The molecule has 1 saturated heterocycles. The summed E-state index contributed by atoms with van der Waals surface area (Å²) in [5, 5.41) is 11.1. The number of aromatic amines is 1. The van der Waals surface area contributed by atoms with E-state index < -0.39 is 0 Å². The number of fused-ring (bicyclic) bond motifs is 1. The molecule has 8 heteroatoms. The molecular formula is C26H26FN5O2. The predicted octanol–water partition coefficient (Wildman–Crippen LogP) is 3.88. The normalized spacial score (nSPS) is 14.4. The monoisotopic (exact) mass is 459 g/mol. The Morgan fingerprint density at radius 2 is 1.82 bits per heavy atom. The zero-order chi connectivity index (χ0) is 23.3. The van der Waals surface area contributed by atoms with Gasteiger partial charge < -0.3 is 10.1 Å². The van der Waals surface area contributed by atoms with E-state index in [1.165, 1.54) is 12.1 Å². The van der Waals surface area contributed by atoms with Crippen LogP contribution in [0, 0.1) is 5.82 Å². The Bertz CT molecular complexity index is 1270. The fourth-order valence-corrected chi connectivity index (χ4v) is 4.21. The van der Waals surface area contributed by atoms with Crippen LogP contribution in [0.3, 0.4) is 0 Å². The Kier molecular flexibility index (Phi) is 6.60. The van der Waals surface area contributed by atoms with Crippen molar-refractivity contribution in [1.29, 1.82) is 0 Å². The molecule has 3 heterocycles. The molecule has 0 unspecified atom stereocenters. The molecule has 0 bridgehead atoms. The van der Waals surface area contributed by atoms with Gasteiger partial charge in [-0.1, -0.05) is 30.3 Å². The maximum atomic E-state index is 13.5. The summed E-state index contributed by atoms with van der Waals surface area (Å²) in [6.45, 7) is 4.85. The fourth-order valence-electron chi connectivity index (χ4n) is 4.21. The second-order valence-corrected chi connectivity index (χ2v) is 8.29. The number of hydrogen-bond acceptors (Lipinski definition) is 5. The molecule has 0 spiro atoms. The zero-order valence-corrected chi connectivity index (χ0v) is 18.8. The summed E-state index contributed by atoms with van der Waals surface area (Å²) >= 11 is 0. The highest BCUT2D eigenvalue weighted by Crippen LogP contribution is 2.31. The van der Waals surface area contributed by atoms with Crippen LogP contribution in [0.4, 0.5) is 4.39 Å². The van der Waals surface area contributed by atoms with Gasteiger partial charge >= 0.3 is 0 Å². The highest BCUT2D eigenvalue weighted by molar-refractivity contribution is 6.10. The summed E-state index contributed by atoms with van der Waals surface area (Å²) in [5.74, 6) is -0.508. The molecule has 1 aliphatic rings. The van der Waals surface area contributed by atoms with Crippen molar-refractivity contribution in [2.75, 3.05) is 39.4 Å². The van der Waals surface area contributed by atoms with Crippen molar-refractivity contribution in [3.63, 3.8) is 0 Å². The Morgan fingerprint density at radius 3 is 2.59 bits per heavy atom. The van der Waals surface area contributed by atoms with Gasteiger partial charge in [0, 0.05) is 30.8 Å². The van der Waals surface area contributed by atoms with Crippen LogP contribution in [-0.2, 0) is 4.74 Å². The van der Waals surface area contributed by atoms with Gasteiger partial charge in [-0.25, -0.2) is 9.37 Å². The third-order valence-corrected chi connectivity index (χ3v) is 6.01. The van der Waals surface area contributed by atoms with Gasteiger partial charge in [0.25, 0.3) is 5.91 Å². The third kappa shape index (κ3) is 4.83. The molecule has 0 atom stereocenters. The Morgan fingerprint density at radius 1 is 1.06 bits per heavy atom. The maximum Gasteiger partial charge on any atom is 0.252 e. The topological polar surface area (TPSA) is 83.1 Å². The minimum absolute atomic E-state index is 0.184. The summed E-state index contributed by atoms with van der Waals surface area (Å²) in [7, 11) is 0. The average Bonchev–Trinajstić information content (AvgIpc) is 3.32. The molecule has 7 nitrogen and oxygen atoms in total. The Balaban J connectivity index is 1.45. The average molecular weight is 460 g/mol. The smallest absolute Gasteiger partial charge is 0.252 e. The summed E-state index contributed by atoms with van der Waals surface area (Å²) in [6.07, 6.45) is 0.849. The standard InChI is InChI=1S/C26H26FN5O2/c27-20-9-7-19(8-10-20)24-23-21(26(33)28-11-4-12-32-13-15-34-16-14-32)17-22(29-25(23)31-30-24)18-5-2-1-3-6-18/h1-3,5-10,17H,4,11-16H2,(H,28,33)(H,29,30,31). The highest BCUT2D eigenvalue weighted by atomic mass is 19.1. The molecule has 1 amide bonds.